The molecule has 0 aromatic heterocycles. The number of hydrogen-bond acceptors (Lipinski definition) is 16. The fourth-order valence-corrected chi connectivity index (χ4v) is 9.18. The molecule has 1 fully saturated rings. The zero-order chi connectivity index (χ0) is 32.1. The van der Waals surface area contributed by atoms with Gasteiger partial charge in [-0.2, -0.15) is 12.8 Å². The summed E-state index contributed by atoms with van der Waals surface area (Å²) in [6.45, 7) is 1.73. The number of hydrogen-bond donors (Lipinski definition) is 6. The number of nitrogens with zero attached hydrogens (tertiary/aromatic N) is 2. The summed E-state index contributed by atoms with van der Waals surface area (Å²) in [5.41, 5.74) is 0.0934. The second kappa shape index (κ2) is 14.9. The van der Waals surface area contributed by atoms with Crippen molar-refractivity contribution >= 4 is 89.9 Å². The lowest BCUT2D eigenvalue weighted by molar-refractivity contribution is -0.432. The Kier molecular flexibility index (Phi) is 11.7. The molecule has 0 bridgehead atoms. The van der Waals surface area contributed by atoms with Gasteiger partial charge in [-0.05, 0) is 54.6 Å². The minimum atomic E-state index is -5.02. The Morgan fingerprint density at radius 3 is 2.45 bits per heavy atom. The first kappa shape index (κ1) is 34.6. The van der Waals surface area contributed by atoms with Gasteiger partial charge < -0.3 is 10.4 Å². The Morgan fingerprint density at radius 1 is 1.11 bits per heavy atom. The number of alkyl halides is 1. The summed E-state index contributed by atoms with van der Waals surface area (Å²) < 4.78 is 48.5. The van der Waals surface area contributed by atoms with Crippen LogP contribution in [0.4, 0.5) is 17.1 Å². The second-order valence-electron chi connectivity index (χ2n) is 9.05. The van der Waals surface area contributed by atoms with Gasteiger partial charge in [-0.3, -0.25) is 9.35 Å². The van der Waals surface area contributed by atoms with E-state index in [2.05, 4.69) is 34.3 Å². The number of aryl methyl sites for hydroxylation is 1. The summed E-state index contributed by atoms with van der Waals surface area (Å²) in [6, 6.07) is 8.39. The number of phenolic OH excluding ortho intramolecular Hbond substituents is 1. The molecule has 0 spiro atoms. The summed E-state index contributed by atoms with van der Waals surface area (Å²) in [7, 11) is -7.26. The van der Waals surface area contributed by atoms with Crippen LogP contribution in [0.1, 0.15) is 12.0 Å². The third kappa shape index (κ3) is 7.57. The first-order valence-corrected chi connectivity index (χ1v) is 17.5. The Morgan fingerprint density at radius 2 is 1.84 bits per heavy atom. The van der Waals surface area contributed by atoms with Crippen LogP contribution in [0.3, 0.4) is 0 Å². The molecular formula is C23H24ClN3O13S4. The van der Waals surface area contributed by atoms with Gasteiger partial charge in [-0.15, -0.1) is 30.5 Å². The van der Waals surface area contributed by atoms with Crippen LogP contribution >= 0.6 is 46.0 Å². The number of azo groups is 1. The molecule has 1 aliphatic rings. The standard InChI is InChI=1S/C23H24ClN3O13S4/c1-12-2-3-17(42-40-37-31)15(8-12)26-27-21-19(44(33,34)35)10-13-9-14(41-39-36-30)11-16(20(13)22(21)28)25-23(29)18-4-6-43(18,38-32)7-5-24/h2-3,8-11,18,28,30-32H,4-7H2,1H3,(H,25,29)(H,33,34,35). The summed E-state index contributed by atoms with van der Waals surface area (Å²) in [5.74, 6) is -0.532. The molecule has 1 saturated heterocycles. The lowest BCUT2D eigenvalue weighted by atomic mass is 10.1. The topological polar surface area (TPSA) is 235 Å². The maximum atomic E-state index is 13.4. The van der Waals surface area contributed by atoms with E-state index >= 15 is 0 Å². The summed E-state index contributed by atoms with van der Waals surface area (Å²) in [5, 5.41) is 55.1. The molecule has 21 heteroatoms. The van der Waals surface area contributed by atoms with E-state index in [0.717, 1.165) is 6.07 Å². The van der Waals surface area contributed by atoms with Gasteiger partial charge in [0.15, 0.2) is 5.75 Å². The third-order valence-corrected chi connectivity index (χ3v) is 12.6. The van der Waals surface area contributed by atoms with Crippen LogP contribution in [0, 0.1) is 6.92 Å². The number of nitrogens with one attached hydrogen (secondary N) is 1. The van der Waals surface area contributed by atoms with E-state index in [1.165, 1.54) is 18.2 Å². The normalized spacial score (nSPS) is 20.0. The minimum absolute atomic E-state index is 0.0115. The number of carbonyl (C=O) groups excluding carboxylic acids is 1. The van der Waals surface area contributed by atoms with E-state index in [1.54, 1.807) is 19.1 Å². The quantitative estimate of drug-likeness (QED) is 0.0260. The van der Waals surface area contributed by atoms with Crippen molar-refractivity contribution < 1.29 is 61.7 Å². The fourth-order valence-electron chi connectivity index (χ4n) is 4.43. The van der Waals surface area contributed by atoms with Crippen LogP contribution in [0.5, 0.6) is 5.75 Å². The molecule has 44 heavy (non-hydrogen) atoms. The molecule has 3 aromatic rings. The number of phenols is 1. The van der Waals surface area contributed by atoms with Gasteiger partial charge in [0.1, 0.15) is 16.3 Å². The van der Waals surface area contributed by atoms with Crippen LogP contribution in [-0.4, -0.2) is 62.4 Å². The molecule has 0 aliphatic carbocycles. The molecule has 0 radical (unpaired) electrons. The number of carbonyl (C=O) groups is 1. The van der Waals surface area contributed by atoms with Crippen LogP contribution in [0.2, 0.25) is 0 Å². The molecule has 240 valence electrons. The van der Waals surface area contributed by atoms with Crippen molar-refractivity contribution in [3.8, 4) is 5.75 Å². The third-order valence-electron chi connectivity index (χ3n) is 6.45. The number of benzene rings is 3. The smallest absolute Gasteiger partial charge is 0.296 e. The average molecular weight is 714 g/mol. The van der Waals surface area contributed by atoms with E-state index in [1.807, 2.05) is 0 Å². The number of anilines is 1. The predicted octanol–water partition coefficient (Wildman–Crippen LogP) is 6.53. The molecule has 2 unspecified atom stereocenters. The van der Waals surface area contributed by atoms with Gasteiger partial charge in [0.05, 0.1) is 39.9 Å². The molecule has 0 saturated carbocycles. The van der Waals surface area contributed by atoms with E-state index in [9.17, 15) is 28.1 Å². The highest BCUT2D eigenvalue weighted by atomic mass is 35.5. The van der Waals surface area contributed by atoms with Crippen LogP contribution in [0.25, 0.3) is 10.8 Å². The van der Waals surface area contributed by atoms with Gasteiger partial charge >= 0.3 is 0 Å². The van der Waals surface area contributed by atoms with Gasteiger partial charge in [-0.1, -0.05) is 26.5 Å². The van der Waals surface area contributed by atoms with Gasteiger partial charge in [-0.25, -0.2) is 15.8 Å². The molecule has 3 aromatic carbocycles. The Labute approximate surface area is 264 Å². The number of halogens is 1. The number of rotatable bonds is 14. The van der Waals surface area contributed by atoms with Crippen molar-refractivity contribution in [2.45, 2.75) is 33.3 Å². The van der Waals surface area contributed by atoms with Crippen LogP contribution in [-0.2, 0) is 38.0 Å². The predicted molar refractivity (Wildman–Crippen MR) is 161 cm³/mol. The molecule has 16 nitrogen and oxygen atoms in total. The highest BCUT2D eigenvalue weighted by Crippen LogP contribution is 2.63. The highest BCUT2D eigenvalue weighted by molar-refractivity contribution is 8.31. The summed E-state index contributed by atoms with van der Waals surface area (Å²) in [4.78, 5) is 13.0. The number of fused-ring (bicyclic) bond motifs is 1. The molecule has 2 atom stereocenters. The van der Waals surface area contributed by atoms with Crippen molar-refractivity contribution in [2.24, 2.45) is 10.2 Å². The lowest BCUT2D eigenvalue weighted by Gasteiger charge is -2.49. The Balaban J connectivity index is 1.88. The van der Waals surface area contributed by atoms with Crippen LogP contribution in [0.15, 0.2) is 61.3 Å². The Bertz CT molecular complexity index is 1680. The summed E-state index contributed by atoms with van der Waals surface area (Å²) >= 11 is 6.90. The summed E-state index contributed by atoms with van der Waals surface area (Å²) in [6.07, 6.45) is 0.382. The maximum absolute atomic E-state index is 13.4. The molecule has 1 aliphatic heterocycles. The maximum Gasteiger partial charge on any atom is 0.296 e. The van der Waals surface area contributed by atoms with Crippen LogP contribution < -0.4 is 5.32 Å². The highest BCUT2D eigenvalue weighted by Gasteiger charge is 2.48. The fraction of sp³-hybridized carbons (Fsp3) is 0.261. The van der Waals surface area contributed by atoms with Crippen molar-refractivity contribution in [3.05, 3.63) is 42.0 Å². The first-order valence-electron chi connectivity index (χ1n) is 12.1. The number of amides is 1. The molecule has 1 amide bonds. The van der Waals surface area contributed by atoms with Crippen molar-refractivity contribution in [1.29, 1.82) is 0 Å². The monoisotopic (exact) mass is 713 g/mol. The SMILES string of the molecule is Cc1ccc(SOOO)c(N=Nc2c(S(=O)(=O)O)cc3cc(SOOO)cc(NC(=O)C4CCS4(CCCl)OO)c3c2O)c1. The van der Waals surface area contributed by atoms with E-state index in [4.69, 9.17) is 26.4 Å². The molecular weight excluding hydrogens is 690 g/mol. The molecule has 6 N–H and O–H groups in total. The van der Waals surface area contributed by atoms with Gasteiger partial charge in [0, 0.05) is 27.7 Å². The van der Waals surface area contributed by atoms with Crippen molar-refractivity contribution in [2.75, 3.05) is 22.7 Å². The molecule has 4 rings (SSSR count). The minimum Gasteiger partial charge on any atom is -0.505 e. The zero-order valence-electron chi connectivity index (χ0n) is 22.3. The van der Waals surface area contributed by atoms with E-state index in [-0.39, 0.29) is 43.6 Å². The zero-order valence-corrected chi connectivity index (χ0v) is 26.3. The first-order chi connectivity index (χ1) is 21.0. The lowest BCUT2D eigenvalue weighted by Crippen LogP contribution is -2.45. The number of aromatic hydroxyl groups is 1. The second-order valence-corrected chi connectivity index (χ2v) is 15.6. The van der Waals surface area contributed by atoms with Crippen molar-refractivity contribution in [3.63, 3.8) is 0 Å². The van der Waals surface area contributed by atoms with E-state index in [0.29, 0.717) is 41.8 Å². The van der Waals surface area contributed by atoms with E-state index < -0.39 is 47.9 Å². The largest absolute Gasteiger partial charge is 0.505 e. The van der Waals surface area contributed by atoms with Gasteiger partial charge in [0.2, 0.25) is 5.91 Å². The Hall–Kier alpha value is -2.28. The van der Waals surface area contributed by atoms with Crippen molar-refractivity contribution in [1.82, 2.24) is 0 Å². The average Bonchev–Trinajstić information content (AvgIpc) is 2.96. The molecule has 1 heterocycles. The van der Waals surface area contributed by atoms with Gasteiger partial charge in [0.25, 0.3) is 10.1 Å².